The lowest BCUT2D eigenvalue weighted by atomic mass is 9.95. The van der Waals surface area contributed by atoms with Crippen molar-refractivity contribution in [2.45, 2.75) is 45.1 Å². The highest BCUT2D eigenvalue weighted by Crippen LogP contribution is 2.34. The molecule has 1 aliphatic carbocycles. The topological polar surface area (TPSA) is 95.3 Å². The Labute approximate surface area is 172 Å². The molecule has 3 heterocycles. The van der Waals surface area contributed by atoms with Crippen LogP contribution in [0, 0.1) is 0 Å². The van der Waals surface area contributed by atoms with Crippen LogP contribution in [0.4, 0.5) is 5.69 Å². The number of carbonyl (C=O) groups is 1. The van der Waals surface area contributed by atoms with E-state index in [0.717, 1.165) is 36.9 Å². The molecule has 0 saturated carbocycles. The van der Waals surface area contributed by atoms with Gasteiger partial charge in [0.25, 0.3) is 5.56 Å². The maximum atomic E-state index is 13.2. The molecule has 1 aromatic carbocycles. The standard InChI is InChI=1S/C22H22N4O4/c1-2-17(21(27)24-14-7-8-18-19(10-14)30-12-29-18)26-11-23-20-15(22(26)28)9-13-5-3-4-6-16(13)25-20/h7-11,17H,2-6,12H2,1H3,(H,24,27)/t17-/m0/s1. The summed E-state index contributed by atoms with van der Waals surface area (Å²) in [6, 6.07) is 6.43. The first-order chi connectivity index (χ1) is 14.6. The van der Waals surface area contributed by atoms with Gasteiger partial charge in [-0.25, -0.2) is 9.97 Å². The molecule has 8 heteroatoms. The van der Waals surface area contributed by atoms with Crippen LogP contribution in [0.15, 0.2) is 35.4 Å². The Kier molecular flexibility index (Phi) is 4.61. The van der Waals surface area contributed by atoms with E-state index in [1.807, 2.05) is 13.0 Å². The lowest BCUT2D eigenvalue weighted by Crippen LogP contribution is -2.33. The van der Waals surface area contributed by atoms with E-state index in [0.29, 0.717) is 34.6 Å². The summed E-state index contributed by atoms with van der Waals surface area (Å²) in [5, 5.41) is 3.33. The normalized spacial score (nSPS) is 15.6. The third-order valence-corrected chi connectivity index (χ3v) is 5.72. The molecule has 0 fully saturated rings. The number of aromatic nitrogens is 3. The van der Waals surface area contributed by atoms with Crippen molar-refractivity contribution in [2.75, 3.05) is 12.1 Å². The highest BCUT2D eigenvalue weighted by atomic mass is 16.7. The monoisotopic (exact) mass is 406 g/mol. The van der Waals surface area contributed by atoms with Crippen LogP contribution in [0.1, 0.15) is 43.5 Å². The molecule has 154 valence electrons. The number of pyridine rings is 1. The minimum Gasteiger partial charge on any atom is -0.454 e. The van der Waals surface area contributed by atoms with Gasteiger partial charge in [0.1, 0.15) is 12.4 Å². The molecule has 5 rings (SSSR count). The number of hydrogen-bond acceptors (Lipinski definition) is 6. The van der Waals surface area contributed by atoms with Crippen LogP contribution >= 0.6 is 0 Å². The van der Waals surface area contributed by atoms with Crippen LogP contribution in [0.5, 0.6) is 11.5 Å². The number of nitrogens with one attached hydrogen (secondary N) is 1. The molecule has 2 aliphatic rings. The number of amides is 1. The third kappa shape index (κ3) is 3.18. The molecule has 0 unspecified atom stereocenters. The summed E-state index contributed by atoms with van der Waals surface area (Å²) in [5.74, 6) is 0.942. The van der Waals surface area contributed by atoms with E-state index >= 15 is 0 Å². The van der Waals surface area contributed by atoms with Crippen molar-refractivity contribution in [3.8, 4) is 11.5 Å². The Morgan fingerprint density at radius 2 is 2.03 bits per heavy atom. The van der Waals surface area contributed by atoms with Gasteiger partial charge in [0.05, 0.1) is 5.39 Å². The minimum atomic E-state index is -0.684. The van der Waals surface area contributed by atoms with Crippen LogP contribution in [0.25, 0.3) is 11.0 Å². The molecule has 1 atom stereocenters. The number of benzene rings is 1. The van der Waals surface area contributed by atoms with Gasteiger partial charge in [-0.1, -0.05) is 6.92 Å². The Balaban J connectivity index is 1.47. The van der Waals surface area contributed by atoms with E-state index in [9.17, 15) is 9.59 Å². The second-order valence-corrected chi connectivity index (χ2v) is 7.61. The SMILES string of the molecule is CC[C@@H](C(=O)Nc1ccc2c(c1)OCO2)n1cnc2nc3c(cc2c1=O)CCCC3. The number of carbonyl (C=O) groups excluding carboxylic acids is 1. The van der Waals surface area contributed by atoms with Crippen molar-refractivity contribution in [3.05, 3.63) is 52.2 Å². The summed E-state index contributed by atoms with van der Waals surface area (Å²) in [6.45, 7) is 2.03. The number of nitrogens with zero attached hydrogens (tertiary/aromatic N) is 3. The van der Waals surface area contributed by atoms with Gasteiger partial charge in [-0.15, -0.1) is 0 Å². The second kappa shape index (κ2) is 7.44. The van der Waals surface area contributed by atoms with Crippen LogP contribution in [-0.2, 0) is 17.6 Å². The summed E-state index contributed by atoms with van der Waals surface area (Å²) in [7, 11) is 0. The number of ether oxygens (including phenoxy) is 2. The zero-order valence-electron chi connectivity index (χ0n) is 16.7. The van der Waals surface area contributed by atoms with Crippen molar-refractivity contribution in [1.82, 2.24) is 14.5 Å². The maximum Gasteiger partial charge on any atom is 0.263 e. The summed E-state index contributed by atoms with van der Waals surface area (Å²) in [4.78, 5) is 35.2. The summed E-state index contributed by atoms with van der Waals surface area (Å²) in [5.41, 5.74) is 2.94. The van der Waals surface area contributed by atoms with Crippen molar-refractivity contribution < 1.29 is 14.3 Å². The first kappa shape index (κ1) is 18.6. The number of fused-ring (bicyclic) bond motifs is 3. The minimum absolute atomic E-state index is 0.167. The highest BCUT2D eigenvalue weighted by molar-refractivity contribution is 5.94. The number of aryl methyl sites for hydroxylation is 2. The van der Waals surface area contributed by atoms with Crippen LogP contribution in [-0.4, -0.2) is 27.2 Å². The van der Waals surface area contributed by atoms with Crippen LogP contribution < -0.4 is 20.3 Å². The number of hydrogen-bond donors (Lipinski definition) is 1. The Bertz CT molecular complexity index is 1200. The smallest absolute Gasteiger partial charge is 0.263 e. The molecule has 1 amide bonds. The van der Waals surface area contributed by atoms with Gasteiger partial charge >= 0.3 is 0 Å². The zero-order chi connectivity index (χ0) is 20.7. The van der Waals surface area contributed by atoms with Crippen LogP contribution in [0.3, 0.4) is 0 Å². The molecule has 0 radical (unpaired) electrons. The largest absolute Gasteiger partial charge is 0.454 e. The molecule has 0 spiro atoms. The van der Waals surface area contributed by atoms with Crippen molar-refractivity contribution in [2.24, 2.45) is 0 Å². The van der Waals surface area contributed by atoms with Gasteiger partial charge in [-0.3, -0.25) is 14.2 Å². The quantitative estimate of drug-likeness (QED) is 0.716. The van der Waals surface area contributed by atoms with E-state index in [1.54, 1.807) is 18.2 Å². The van der Waals surface area contributed by atoms with Crippen molar-refractivity contribution in [3.63, 3.8) is 0 Å². The second-order valence-electron chi connectivity index (χ2n) is 7.61. The summed E-state index contributed by atoms with van der Waals surface area (Å²) in [6.07, 6.45) is 5.94. The summed E-state index contributed by atoms with van der Waals surface area (Å²) >= 11 is 0. The number of anilines is 1. The molecule has 30 heavy (non-hydrogen) atoms. The van der Waals surface area contributed by atoms with Crippen molar-refractivity contribution in [1.29, 1.82) is 0 Å². The predicted molar refractivity (Wildman–Crippen MR) is 111 cm³/mol. The molecule has 3 aromatic rings. The molecule has 2 aromatic heterocycles. The van der Waals surface area contributed by atoms with Gasteiger partial charge in [0, 0.05) is 17.4 Å². The fraction of sp³-hybridized carbons (Fsp3) is 0.364. The average Bonchev–Trinajstić information content (AvgIpc) is 3.23. The Morgan fingerprint density at radius 1 is 1.20 bits per heavy atom. The van der Waals surface area contributed by atoms with E-state index in [1.165, 1.54) is 10.9 Å². The van der Waals surface area contributed by atoms with Gasteiger partial charge in [0.2, 0.25) is 12.7 Å². The lowest BCUT2D eigenvalue weighted by Gasteiger charge is -2.19. The average molecular weight is 406 g/mol. The molecule has 8 nitrogen and oxygen atoms in total. The molecule has 1 N–H and O–H groups in total. The van der Waals surface area contributed by atoms with Crippen molar-refractivity contribution >= 4 is 22.6 Å². The molecular weight excluding hydrogens is 384 g/mol. The fourth-order valence-corrected chi connectivity index (χ4v) is 4.12. The summed E-state index contributed by atoms with van der Waals surface area (Å²) < 4.78 is 12.1. The first-order valence-corrected chi connectivity index (χ1v) is 10.2. The Morgan fingerprint density at radius 3 is 2.90 bits per heavy atom. The van der Waals surface area contributed by atoms with Gasteiger partial charge in [-0.05, 0) is 55.9 Å². The Hall–Kier alpha value is -3.42. The first-order valence-electron chi connectivity index (χ1n) is 10.2. The van der Waals surface area contributed by atoms with Gasteiger partial charge in [0.15, 0.2) is 17.1 Å². The third-order valence-electron chi connectivity index (χ3n) is 5.72. The lowest BCUT2D eigenvalue weighted by molar-refractivity contribution is -0.119. The number of rotatable bonds is 4. The van der Waals surface area contributed by atoms with Gasteiger partial charge in [-0.2, -0.15) is 0 Å². The molecule has 0 saturated heterocycles. The van der Waals surface area contributed by atoms with E-state index < -0.39 is 6.04 Å². The predicted octanol–water partition coefficient (Wildman–Crippen LogP) is 2.99. The molecule has 1 aliphatic heterocycles. The zero-order valence-corrected chi connectivity index (χ0v) is 16.7. The molecule has 0 bridgehead atoms. The van der Waals surface area contributed by atoms with E-state index in [4.69, 9.17) is 9.47 Å². The molecular formula is C22H22N4O4. The fourth-order valence-electron chi connectivity index (χ4n) is 4.12. The van der Waals surface area contributed by atoms with E-state index in [2.05, 4.69) is 15.3 Å². The highest BCUT2D eigenvalue weighted by Gasteiger charge is 2.23. The van der Waals surface area contributed by atoms with Crippen LogP contribution in [0.2, 0.25) is 0 Å². The maximum absolute atomic E-state index is 13.2. The van der Waals surface area contributed by atoms with E-state index in [-0.39, 0.29) is 18.3 Å². The van der Waals surface area contributed by atoms with Gasteiger partial charge < -0.3 is 14.8 Å².